The normalized spacial score (nSPS) is 13.7. The van der Waals surface area contributed by atoms with Crippen molar-refractivity contribution in [1.29, 1.82) is 5.26 Å². The third kappa shape index (κ3) is 21.1. The lowest BCUT2D eigenvalue weighted by Crippen LogP contribution is -2.53. The van der Waals surface area contributed by atoms with Crippen molar-refractivity contribution >= 4 is 56.9 Å². The van der Waals surface area contributed by atoms with Gasteiger partial charge in [0, 0.05) is 133 Å². The number of sulfonamides is 1. The lowest BCUT2D eigenvalue weighted by molar-refractivity contribution is -0.376. The first kappa shape index (κ1) is 99.5. The summed E-state index contributed by atoms with van der Waals surface area (Å²) in [7, 11) is -2.60. The molecule has 6 aromatic carbocycles. The van der Waals surface area contributed by atoms with E-state index in [4.69, 9.17) is 10.00 Å². The summed E-state index contributed by atoms with van der Waals surface area (Å²) in [5.74, 6) is -1.11. The minimum atomic E-state index is -6.04. The Kier molecular flexibility index (Phi) is 28.2. The van der Waals surface area contributed by atoms with Crippen molar-refractivity contribution < 1.29 is 132 Å². The number of alkyl halides is 18. The van der Waals surface area contributed by atoms with Crippen LogP contribution in [0.2, 0.25) is 0 Å². The quantitative estimate of drug-likeness (QED) is 0.0275. The van der Waals surface area contributed by atoms with E-state index in [0.29, 0.717) is 100 Å². The zero-order chi connectivity index (χ0) is 99.3. The van der Waals surface area contributed by atoms with Gasteiger partial charge in [-0.2, -0.15) is 105 Å². The van der Waals surface area contributed by atoms with E-state index in [1.54, 1.807) is 79.4 Å². The number of hydrogen-bond acceptors (Lipinski definition) is 20. The number of carbonyl (C=O) groups is 4. The highest BCUT2D eigenvalue weighted by molar-refractivity contribution is 7.92. The number of halogens is 18. The second-order valence-electron chi connectivity index (χ2n) is 29.7. The number of nitrogens with zero attached hydrogens (tertiary/aromatic N) is 14. The fraction of sp³-hybridized carbons (Fsp3) is 0.180. The van der Waals surface area contributed by atoms with Gasteiger partial charge in [0.2, 0.25) is 17.7 Å². The van der Waals surface area contributed by atoms with Crippen LogP contribution in [0.5, 0.6) is 5.75 Å². The van der Waals surface area contributed by atoms with Crippen molar-refractivity contribution in [2.75, 3.05) is 27.4 Å². The Hall–Kier alpha value is -15.5. The molecule has 2 unspecified atom stereocenters. The third-order valence-electron chi connectivity index (χ3n) is 20.6. The van der Waals surface area contributed by atoms with Gasteiger partial charge in [0.1, 0.15) is 29.0 Å². The Morgan fingerprint density at radius 3 is 1.01 bits per heavy atom. The van der Waals surface area contributed by atoms with Gasteiger partial charge in [0.15, 0.2) is 11.2 Å². The van der Waals surface area contributed by atoms with Gasteiger partial charge in [0.25, 0.3) is 27.1 Å². The number of amides is 4. The van der Waals surface area contributed by atoms with Crippen LogP contribution in [0.4, 0.5) is 102 Å². The van der Waals surface area contributed by atoms with Crippen LogP contribution >= 0.6 is 0 Å². The monoisotopic (exact) mass is 1920 g/mol. The molecule has 0 radical (unpaired) electrons. The molecule has 1 aliphatic heterocycles. The molecule has 47 heteroatoms. The number of methoxy groups -OCH3 is 1. The minimum absolute atomic E-state index is 0.0296. The summed E-state index contributed by atoms with van der Waals surface area (Å²) < 4.78 is 275. The molecule has 0 aliphatic carbocycles. The molecule has 1 fully saturated rings. The molecule has 706 valence electrons. The number of nitriles is 1. The second-order valence-corrected chi connectivity index (χ2v) is 31.4. The van der Waals surface area contributed by atoms with Crippen molar-refractivity contribution in [2.45, 2.75) is 98.0 Å². The maximum absolute atomic E-state index is 13.2. The summed E-state index contributed by atoms with van der Waals surface area (Å²) in [6.07, 6.45) is -21.7. The number of pyridine rings is 4. The van der Waals surface area contributed by atoms with E-state index >= 15 is 0 Å². The Labute approximate surface area is 756 Å². The lowest BCUT2D eigenvalue weighted by Gasteiger charge is -2.32. The lowest BCUT2D eigenvalue weighted by atomic mass is 9.92. The Balaban J connectivity index is 0.000000163. The smallest absolute Gasteiger partial charge is 0.430 e. The van der Waals surface area contributed by atoms with Crippen molar-refractivity contribution in [1.82, 2.24) is 59.1 Å². The van der Waals surface area contributed by atoms with Crippen molar-refractivity contribution in [3.63, 3.8) is 0 Å². The predicted molar refractivity (Wildman–Crippen MR) is 449 cm³/mol. The summed E-state index contributed by atoms with van der Waals surface area (Å²) in [6.45, 7) is 2.56. The summed E-state index contributed by atoms with van der Waals surface area (Å²) in [4.78, 5) is 65.4. The maximum atomic E-state index is 13.2. The van der Waals surface area contributed by atoms with Crippen LogP contribution in [-0.2, 0) is 46.8 Å². The van der Waals surface area contributed by atoms with E-state index in [0.717, 1.165) is 62.8 Å². The topological polar surface area (TPSA) is 379 Å². The maximum Gasteiger partial charge on any atom is 0.430 e. The molecule has 9 heterocycles. The first-order valence-corrected chi connectivity index (χ1v) is 40.6. The molecule has 0 bridgehead atoms. The zero-order valence-electron chi connectivity index (χ0n) is 69.9. The largest absolute Gasteiger partial charge is 0.497 e. The Bertz CT molecular complexity index is 6740. The summed E-state index contributed by atoms with van der Waals surface area (Å²) in [5, 5.41) is 70.7. The van der Waals surface area contributed by atoms with Gasteiger partial charge in [-0.05, 0) is 171 Å². The number of nitrogens with one attached hydrogen (secondary N) is 3. The van der Waals surface area contributed by atoms with E-state index < -0.39 is 104 Å². The number of imide groups is 1. The molecule has 2 atom stereocenters. The second kappa shape index (κ2) is 38.6. The van der Waals surface area contributed by atoms with Crippen molar-refractivity contribution in [2.24, 2.45) is 0 Å². The van der Waals surface area contributed by atoms with Gasteiger partial charge in [0.05, 0.1) is 69.2 Å². The zero-order valence-corrected chi connectivity index (χ0v) is 70.8. The molecule has 1 saturated heterocycles. The first-order valence-electron chi connectivity index (χ1n) is 39.1. The third-order valence-corrected chi connectivity index (χ3v) is 22.0. The van der Waals surface area contributed by atoms with E-state index in [9.17, 15) is 127 Å². The molecule has 28 nitrogen and oxygen atoms in total. The van der Waals surface area contributed by atoms with Crippen LogP contribution in [0.25, 0.3) is 67.8 Å². The number of anilines is 4. The number of carbonyl (C=O) groups excluding carboxylic acids is 4. The van der Waals surface area contributed by atoms with E-state index in [1.807, 2.05) is 6.07 Å². The highest BCUT2D eigenvalue weighted by Crippen LogP contribution is 2.53. The van der Waals surface area contributed by atoms with Crippen LogP contribution in [0.3, 0.4) is 0 Å². The van der Waals surface area contributed by atoms with E-state index in [2.05, 4.69) is 55.7 Å². The molecule has 8 aromatic heterocycles. The van der Waals surface area contributed by atoms with Gasteiger partial charge in [-0.1, -0.05) is 48.5 Å². The van der Waals surface area contributed by atoms with E-state index in [-0.39, 0.29) is 74.9 Å². The molecular weight excluding hydrogens is 1860 g/mol. The Morgan fingerprint density at radius 2 is 0.699 bits per heavy atom. The number of aliphatic hydroxyl groups is 4. The van der Waals surface area contributed by atoms with Crippen LogP contribution in [0, 0.1) is 11.3 Å². The van der Waals surface area contributed by atoms with Crippen molar-refractivity contribution in [3.8, 4) is 79.6 Å². The molecule has 7 N–H and O–H groups in total. The molecular formula is C89H67F18N17O11S. The highest BCUT2D eigenvalue weighted by atomic mass is 32.2. The fourth-order valence-corrected chi connectivity index (χ4v) is 14.1. The minimum Gasteiger partial charge on any atom is -0.497 e. The number of aromatic nitrogens is 12. The van der Waals surface area contributed by atoms with Crippen molar-refractivity contribution in [3.05, 3.63) is 301 Å². The first-order chi connectivity index (χ1) is 63.7. The number of ether oxygens (including phenoxy) is 1. The van der Waals surface area contributed by atoms with Crippen LogP contribution in [0.15, 0.2) is 273 Å². The molecule has 4 amide bonds. The number of benzene rings is 6. The average Bonchev–Trinajstić information content (AvgIpc) is 0.815. The predicted octanol–water partition coefficient (Wildman–Crippen LogP) is 17.4. The van der Waals surface area contributed by atoms with Gasteiger partial charge in [-0.15, -0.1) is 0 Å². The molecule has 14 aromatic rings. The molecule has 0 spiro atoms. The fourth-order valence-electron chi connectivity index (χ4n) is 13.1. The summed E-state index contributed by atoms with van der Waals surface area (Å²) in [5.41, 5.74) is -14.4. The number of rotatable bonds is 20. The van der Waals surface area contributed by atoms with Crippen LogP contribution in [0.1, 0.15) is 71.8 Å². The molecule has 15 rings (SSSR count). The van der Waals surface area contributed by atoms with Gasteiger partial charge >= 0.3 is 37.1 Å². The van der Waals surface area contributed by atoms with Gasteiger partial charge in [-0.3, -0.25) is 43.8 Å². The average molecular weight is 1920 g/mol. The Morgan fingerprint density at radius 1 is 0.397 bits per heavy atom. The van der Waals surface area contributed by atoms with E-state index in [1.165, 1.54) is 139 Å². The SMILES string of the molecule is CC(=O)Nc1cc(-c2ccncc2)nn1-c1ccc(C(O)(C(F)(F)F)C(F)(F)F)cc1.CC(O)(c1ccc(-n2nc(-c3ccncc3)cc2NC(=O)c2ccc(C#N)cc2)cc1)C(F)(F)F.COc1ccc(S(=O)(=O)Nc2cc(-c3ccncc3)nn2-c2ccc(C(C)(O)C(F)(F)F)cc2)cc1.O=C1CCC(=O)N1c1cc(-c2ccncc2)nn1-c1ccc(C(O)(C(F)(F)F)C(F)(F)F)cc1. The molecule has 136 heavy (non-hydrogen) atoms. The van der Waals surface area contributed by atoms with Crippen LogP contribution < -0.4 is 25.0 Å². The highest BCUT2D eigenvalue weighted by Gasteiger charge is 2.72. The van der Waals surface area contributed by atoms with Gasteiger partial charge in [-0.25, -0.2) is 32.0 Å². The van der Waals surface area contributed by atoms with Gasteiger partial charge < -0.3 is 35.8 Å². The summed E-state index contributed by atoms with van der Waals surface area (Å²) >= 11 is 0. The molecule has 0 saturated carbocycles. The summed E-state index contributed by atoms with van der Waals surface area (Å²) in [6, 6.07) is 48.4. The molecule has 1 aliphatic rings. The van der Waals surface area contributed by atoms with Crippen LogP contribution in [-0.4, -0.2) is 156 Å². The number of hydrogen-bond donors (Lipinski definition) is 7. The standard InChI is InChI=1S/C25H18F3N5O2.C24H21F3N4O4S.C21H14F6N4O3.C19H14F6N4O2/c1-24(35,25(26,27)28)19-6-8-20(9-7-19)33-22(14-21(32-33)17-10-12-30-13-11-17)31-23(34)18-4-2-16(15-29)3-5-18;1-23(32,24(25,26)27)17-3-5-18(6-4-17)31-22(15-21(29-31)16-11-13-28-14-12-16)30-36(33,34)20-9-7-19(35-2)8-10-20;22-20(23,24)19(34,21(25,26)27)13-1-3-14(4-2-13)31-16(30-17(32)5-6-18(30)33)11-15(29-31)12-7-9-28-10-8-12;1-11(30)27-16-10-15(12-6-8-26-9-7-12)28-29(16)14-4-2-13(3-5-14)17(31,18(20,21)22)19(23,24)25/h2-14,35H,1H3,(H,31,34);3-15,30,32H,1-2H3;1-4,7-11,34H,5-6H2;2-10,31H,1H3,(H,27,30).